The van der Waals surface area contributed by atoms with E-state index in [0.717, 1.165) is 55.2 Å². The Morgan fingerprint density at radius 3 is 2.45 bits per heavy atom. The number of rotatable bonds is 7. The predicted octanol–water partition coefficient (Wildman–Crippen LogP) is 4.21. The maximum Gasteiger partial charge on any atom is 0.253 e. The summed E-state index contributed by atoms with van der Waals surface area (Å²) < 4.78 is 0. The van der Waals surface area contributed by atoms with E-state index in [9.17, 15) is 4.79 Å². The summed E-state index contributed by atoms with van der Waals surface area (Å²) in [4.78, 5) is 17.8. The monoisotopic (exact) mass is 272 g/mol. The van der Waals surface area contributed by atoms with Crippen molar-refractivity contribution in [2.75, 3.05) is 13.1 Å². The molecule has 0 aliphatic rings. The Morgan fingerprint density at radius 1 is 1.10 bits per heavy atom. The van der Waals surface area contributed by atoms with Gasteiger partial charge in [0.25, 0.3) is 5.91 Å². The molecule has 108 valence electrons. The first-order valence-corrected chi connectivity index (χ1v) is 7.62. The molecule has 0 fully saturated rings. The third-order valence-corrected chi connectivity index (χ3v) is 3.65. The topological polar surface area (TPSA) is 36.1 Å². The van der Waals surface area contributed by atoms with E-state index in [1.54, 1.807) is 0 Å². The van der Waals surface area contributed by atoms with Crippen LogP contribution in [-0.4, -0.2) is 28.9 Å². The molecule has 0 unspecified atom stereocenters. The molecule has 3 nitrogen and oxygen atoms in total. The van der Waals surface area contributed by atoms with Gasteiger partial charge in [-0.2, -0.15) is 0 Å². The van der Waals surface area contributed by atoms with Gasteiger partial charge in [0, 0.05) is 30.4 Å². The summed E-state index contributed by atoms with van der Waals surface area (Å²) in [7, 11) is 0. The van der Waals surface area contributed by atoms with Crippen LogP contribution in [0.3, 0.4) is 0 Å². The number of H-pyrrole nitrogens is 1. The van der Waals surface area contributed by atoms with Gasteiger partial charge in [0.2, 0.25) is 0 Å². The SMILES string of the molecule is CCCCN(CCCC)C(=O)c1ccc2cc[nH]c2c1. The molecule has 0 saturated carbocycles. The number of carbonyl (C=O) groups excluding carboxylic acids is 1. The zero-order valence-electron chi connectivity index (χ0n) is 12.5. The Balaban J connectivity index is 2.15. The summed E-state index contributed by atoms with van der Waals surface area (Å²) in [6.45, 7) is 6.04. The molecule has 2 aromatic rings. The van der Waals surface area contributed by atoms with Crippen LogP contribution in [0.2, 0.25) is 0 Å². The van der Waals surface area contributed by atoms with E-state index in [-0.39, 0.29) is 5.91 Å². The largest absolute Gasteiger partial charge is 0.361 e. The second-order valence-corrected chi connectivity index (χ2v) is 5.28. The van der Waals surface area contributed by atoms with Crippen molar-refractivity contribution in [3.63, 3.8) is 0 Å². The van der Waals surface area contributed by atoms with Crippen LogP contribution in [0.15, 0.2) is 30.5 Å². The molecule has 1 amide bonds. The number of unbranched alkanes of at least 4 members (excludes halogenated alkanes) is 2. The number of benzene rings is 1. The van der Waals surface area contributed by atoms with E-state index in [4.69, 9.17) is 0 Å². The van der Waals surface area contributed by atoms with Crippen LogP contribution in [-0.2, 0) is 0 Å². The van der Waals surface area contributed by atoms with E-state index in [1.807, 2.05) is 35.4 Å². The van der Waals surface area contributed by atoms with Gasteiger partial charge in [-0.05, 0) is 36.4 Å². The van der Waals surface area contributed by atoms with Crippen molar-refractivity contribution in [1.82, 2.24) is 9.88 Å². The van der Waals surface area contributed by atoms with Crippen LogP contribution in [0.1, 0.15) is 49.9 Å². The van der Waals surface area contributed by atoms with Crippen molar-refractivity contribution < 1.29 is 4.79 Å². The average molecular weight is 272 g/mol. The highest BCUT2D eigenvalue weighted by molar-refractivity contribution is 5.97. The molecule has 1 aromatic heterocycles. The van der Waals surface area contributed by atoms with Crippen LogP contribution in [0.5, 0.6) is 0 Å². The number of aromatic nitrogens is 1. The van der Waals surface area contributed by atoms with E-state index in [0.29, 0.717) is 0 Å². The third kappa shape index (κ3) is 3.41. The fourth-order valence-corrected chi connectivity index (χ4v) is 2.38. The number of nitrogens with zero attached hydrogens (tertiary/aromatic N) is 1. The number of nitrogens with one attached hydrogen (secondary N) is 1. The highest BCUT2D eigenvalue weighted by Crippen LogP contribution is 2.16. The fourth-order valence-electron chi connectivity index (χ4n) is 2.38. The molecule has 0 atom stereocenters. The van der Waals surface area contributed by atoms with Crippen molar-refractivity contribution in [2.45, 2.75) is 39.5 Å². The van der Waals surface area contributed by atoms with Gasteiger partial charge < -0.3 is 9.88 Å². The Bertz CT molecular complexity index is 551. The summed E-state index contributed by atoms with van der Waals surface area (Å²) >= 11 is 0. The molecule has 0 bridgehead atoms. The molecular weight excluding hydrogens is 248 g/mol. The fraction of sp³-hybridized carbons (Fsp3) is 0.471. The van der Waals surface area contributed by atoms with Crippen LogP contribution >= 0.6 is 0 Å². The minimum Gasteiger partial charge on any atom is -0.361 e. The molecule has 1 N–H and O–H groups in total. The summed E-state index contributed by atoms with van der Waals surface area (Å²) in [5.74, 6) is 0.156. The van der Waals surface area contributed by atoms with Gasteiger partial charge in [0.05, 0.1) is 0 Å². The molecule has 1 aromatic carbocycles. The van der Waals surface area contributed by atoms with Crippen LogP contribution in [0.4, 0.5) is 0 Å². The summed E-state index contributed by atoms with van der Waals surface area (Å²) in [6.07, 6.45) is 6.28. The average Bonchev–Trinajstić information content (AvgIpc) is 2.94. The lowest BCUT2D eigenvalue weighted by atomic mass is 10.1. The van der Waals surface area contributed by atoms with Crippen molar-refractivity contribution in [3.8, 4) is 0 Å². The molecule has 0 aliphatic carbocycles. The quantitative estimate of drug-likeness (QED) is 0.805. The maximum atomic E-state index is 12.6. The second-order valence-electron chi connectivity index (χ2n) is 5.28. The van der Waals surface area contributed by atoms with Gasteiger partial charge in [0.1, 0.15) is 0 Å². The van der Waals surface area contributed by atoms with E-state index in [2.05, 4.69) is 18.8 Å². The zero-order chi connectivity index (χ0) is 14.4. The van der Waals surface area contributed by atoms with E-state index < -0.39 is 0 Å². The van der Waals surface area contributed by atoms with Gasteiger partial charge >= 0.3 is 0 Å². The molecule has 0 radical (unpaired) electrons. The van der Waals surface area contributed by atoms with E-state index >= 15 is 0 Å². The van der Waals surface area contributed by atoms with Gasteiger partial charge in [-0.1, -0.05) is 32.8 Å². The zero-order valence-corrected chi connectivity index (χ0v) is 12.5. The minimum atomic E-state index is 0.156. The lowest BCUT2D eigenvalue weighted by Crippen LogP contribution is -2.32. The lowest BCUT2D eigenvalue weighted by Gasteiger charge is -2.22. The van der Waals surface area contributed by atoms with Crippen molar-refractivity contribution in [3.05, 3.63) is 36.0 Å². The highest BCUT2D eigenvalue weighted by Gasteiger charge is 2.15. The van der Waals surface area contributed by atoms with Crippen molar-refractivity contribution in [2.24, 2.45) is 0 Å². The molecule has 0 spiro atoms. The lowest BCUT2D eigenvalue weighted by molar-refractivity contribution is 0.0751. The summed E-state index contributed by atoms with van der Waals surface area (Å²) in [5, 5.41) is 1.15. The first-order chi connectivity index (χ1) is 9.76. The highest BCUT2D eigenvalue weighted by atomic mass is 16.2. The van der Waals surface area contributed by atoms with Gasteiger partial charge in [-0.15, -0.1) is 0 Å². The molecule has 1 heterocycles. The second kappa shape index (κ2) is 7.13. The molecule has 0 aliphatic heterocycles. The third-order valence-electron chi connectivity index (χ3n) is 3.65. The first-order valence-electron chi connectivity index (χ1n) is 7.62. The molecule has 0 saturated heterocycles. The number of hydrogen-bond donors (Lipinski definition) is 1. The first kappa shape index (κ1) is 14.6. The standard InChI is InChI=1S/C17H24N2O/c1-3-5-11-19(12-6-4-2)17(20)15-8-7-14-9-10-18-16(14)13-15/h7-10,13,18H,3-6,11-12H2,1-2H3. The smallest absolute Gasteiger partial charge is 0.253 e. The maximum absolute atomic E-state index is 12.6. The van der Waals surface area contributed by atoms with Crippen LogP contribution < -0.4 is 0 Å². The normalized spacial score (nSPS) is 10.9. The Kier molecular flexibility index (Phi) is 5.22. The number of aromatic amines is 1. The number of fused-ring (bicyclic) bond motifs is 1. The summed E-state index contributed by atoms with van der Waals surface area (Å²) in [5.41, 5.74) is 1.81. The number of carbonyl (C=O) groups is 1. The van der Waals surface area contributed by atoms with Crippen LogP contribution in [0.25, 0.3) is 10.9 Å². The summed E-state index contributed by atoms with van der Waals surface area (Å²) in [6, 6.07) is 7.93. The molecule has 3 heteroatoms. The predicted molar refractivity (Wildman–Crippen MR) is 84.0 cm³/mol. The van der Waals surface area contributed by atoms with Crippen molar-refractivity contribution in [1.29, 1.82) is 0 Å². The van der Waals surface area contributed by atoms with Crippen LogP contribution in [0, 0.1) is 0 Å². The molecule has 2 rings (SSSR count). The van der Waals surface area contributed by atoms with E-state index in [1.165, 1.54) is 0 Å². The number of amides is 1. The van der Waals surface area contributed by atoms with Crippen molar-refractivity contribution >= 4 is 16.8 Å². The molecule has 20 heavy (non-hydrogen) atoms. The minimum absolute atomic E-state index is 0.156. The Morgan fingerprint density at radius 2 is 1.80 bits per heavy atom. The van der Waals surface area contributed by atoms with Gasteiger partial charge in [-0.3, -0.25) is 4.79 Å². The molecular formula is C17H24N2O. The van der Waals surface area contributed by atoms with Gasteiger partial charge in [0.15, 0.2) is 0 Å². The Labute approximate surface area is 121 Å². The Hall–Kier alpha value is -1.77. The van der Waals surface area contributed by atoms with Gasteiger partial charge in [-0.25, -0.2) is 0 Å². The number of hydrogen-bond acceptors (Lipinski definition) is 1.